The number of anilines is 1. The minimum absolute atomic E-state index is 0.00624. The van der Waals surface area contributed by atoms with Crippen LogP contribution in [0.1, 0.15) is 30.4 Å². The van der Waals surface area contributed by atoms with E-state index in [1.807, 2.05) is 49.4 Å². The highest BCUT2D eigenvalue weighted by Gasteiger charge is 2.45. The van der Waals surface area contributed by atoms with Crippen LogP contribution in [0.2, 0.25) is 0 Å². The minimum atomic E-state index is -4.09. The van der Waals surface area contributed by atoms with Crippen molar-refractivity contribution in [2.24, 2.45) is 0 Å². The van der Waals surface area contributed by atoms with Gasteiger partial charge in [0.15, 0.2) is 11.6 Å². The van der Waals surface area contributed by atoms with Crippen LogP contribution in [0.5, 0.6) is 0 Å². The van der Waals surface area contributed by atoms with Gasteiger partial charge in [-0.1, -0.05) is 52.3 Å². The molecule has 0 saturated carbocycles. The van der Waals surface area contributed by atoms with Crippen molar-refractivity contribution < 1.29 is 26.8 Å². The molecule has 39 heavy (non-hydrogen) atoms. The maximum atomic E-state index is 13.7. The fraction of sp³-hybridized carbons (Fsp3) is 0.286. The van der Waals surface area contributed by atoms with E-state index >= 15 is 0 Å². The second-order valence-corrected chi connectivity index (χ2v) is 12.3. The smallest absolute Gasteiger partial charge is 0.243 e. The molecule has 1 saturated heterocycles. The van der Waals surface area contributed by atoms with Crippen LogP contribution in [0, 0.1) is 18.6 Å². The van der Waals surface area contributed by atoms with Gasteiger partial charge in [-0.2, -0.15) is 4.31 Å². The Balaban J connectivity index is 1.44. The summed E-state index contributed by atoms with van der Waals surface area (Å²) < 4.78 is 55.3. The van der Waals surface area contributed by atoms with Crippen molar-refractivity contribution in [2.75, 3.05) is 25.0 Å². The summed E-state index contributed by atoms with van der Waals surface area (Å²) in [4.78, 5) is 25.7. The van der Waals surface area contributed by atoms with Crippen molar-refractivity contribution in [1.29, 1.82) is 0 Å². The van der Waals surface area contributed by atoms with Crippen LogP contribution in [0.15, 0.2) is 76.1 Å². The quantitative estimate of drug-likeness (QED) is 0.375. The second-order valence-electron chi connectivity index (χ2n) is 9.44. The molecular formula is C28H28BrF2N3O4S. The van der Waals surface area contributed by atoms with Gasteiger partial charge in [-0.25, -0.2) is 17.2 Å². The van der Waals surface area contributed by atoms with Gasteiger partial charge < -0.3 is 10.6 Å². The lowest BCUT2D eigenvalue weighted by atomic mass is 9.72. The van der Waals surface area contributed by atoms with Gasteiger partial charge in [0.2, 0.25) is 21.8 Å². The lowest BCUT2D eigenvalue weighted by molar-refractivity contribution is -0.128. The Morgan fingerprint density at radius 3 is 2.33 bits per heavy atom. The fourth-order valence-corrected chi connectivity index (χ4v) is 6.51. The molecule has 2 amide bonds. The average Bonchev–Trinajstić information content (AvgIpc) is 2.92. The molecule has 3 aromatic rings. The summed E-state index contributed by atoms with van der Waals surface area (Å²) in [5.74, 6) is -2.93. The lowest BCUT2D eigenvalue weighted by Crippen LogP contribution is -2.53. The maximum Gasteiger partial charge on any atom is 0.243 e. The topological polar surface area (TPSA) is 95.6 Å². The van der Waals surface area contributed by atoms with Crippen molar-refractivity contribution >= 4 is 43.5 Å². The SMILES string of the molecule is Cc1ccc(Br)cc1NC(=O)CCNC(=O)C1(c2ccccc2)CCN(S(=O)(=O)c2ccc(F)c(F)c2)CC1. The van der Waals surface area contributed by atoms with Crippen LogP contribution in [-0.2, 0) is 25.0 Å². The molecule has 1 aliphatic rings. The van der Waals surface area contributed by atoms with Crippen LogP contribution in [0.4, 0.5) is 14.5 Å². The molecule has 0 unspecified atom stereocenters. The highest BCUT2D eigenvalue weighted by Crippen LogP contribution is 2.37. The average molecular weight is 621 g/mol. The largest absolute Gasteiger partial charge is 0.355 e. The molecule has 1 heterocycles. The first-order chi connectivity index (χ1) is 18.5. The molecule has 4 rings (SSSR count). The number of benzene rings is 3. The van der Waals surface area contributed by atoms with E-state index in [0.717, 1.165) is 27.7 Å². The van der Waals surface area contributed by atoms with Gasteiger partial charge in [-0.15, -0.1) is 0 Å². The number of halogens is 3. The van der Waals surface area contributed by atoms with Gasteiger partial charge in [0.05, 0.1) is 10.3 Å². The summed E-state index contributed by atoms with van der Waals surface area (Å²) in [6.45, 7) is 1.99. The van der Waals surface area contributed by atoms with Gasteiger partial charge in [0, 0.05) is 36.2 Å². The number of sulfonamides is 1. The van der Waals surface area contributed by atoms with Gasteiger partial charge >= 0.3 is 0 Å². The third-order valence-electron chi connectivity index (χ3n) is 6.98. The maximum absolute atomic E-state index is 13.7. The number of aryl methyl sites for hydroxylation is 1. The number of hydrogen-bond donors (Lipinski definition) is 2. The van der Waals surface area contributed by atoms with Gasteiger partial charge in [-0.3, -0.25) is 9.59 Å². The van der Waals surface area contributed by atoms with E-state index in [9.17, 15) is 26.8 Å². The Labute approximate surface area is 234 Å². The number of amides is 2. The fourth-order valence-electron chi connectivity index (χ4n) is 4.70. The molecule has 2 N–H and O–H groups in total. The van der Waals surface area contributed by atoms with Crippen LogP contribution in [0.3, 0.4) is 0 Å². The second kappa shape index (κ2) is 11.9. The number of rotatable bonds is 8. The number of carbonyl (C=O) groups is 2. The molecule has 0 spiro atoms. The Hall–Kier alpha value is -3.15. The summed E-state index contributed by atoms with van der Waals surface area (Å²) in [6.07, 6.45) is 0.406. The summed E-state index contributed by atoms with van der Waals surface area (Å²) in [5.41, 5.74) is 1.31. The van der Waals surface area contributed by atoms with Crippen LogP contribution < -0.4 is 10.6 Å². The first-order valence-corrected chi connectivity index (χ1v) is 14.6. The first kappa shape index (κ1) is 28.8. The van der Waals surface area contributed by atoms with Crippen molar-refractivity contribution in [3.05, 3.63) is 94.0 Å². The molecule has 1 fully saturated rings. The van der Waals surface area contributed by atoms with E-state index in [0.29, 0.717) is 11.8 Å². The highest BCUT2D eigenvalue weighted by molar-refractivity contribution is 9.10. The van der Waals surface area contributed by atoms with Crippen molar-refractivity contribution in [1.82, 2.24) is 9.62 Å². The van der Waals surface area contributed by atoms with Crippen molar-refractivity contribution in [2.45, 2.75) is 36.5 Å². The molecule has 0 radical (unpaired) electrons. The molecule has 1 aliphatic heterocycles. The van der Waals surface area contributed by atoms with Crippen LogP contribution in [-0.4, -0.2) is 44.2 Å². The standard InChI is InChI=1S/C28H28BrF2N3O4S/c1-19-7-8-21(29)17-25(19)33-26(35)11-14-32-27(36)28(20-5-3-2-4-6-20)12-15-34(16-13-28)39(37,38)22-9-10-23(30)24(31)18-22/h2-10,17-18H,11-16H2,1H3,(H,32,36)(H,33,35). The zero-order valence-electron chi connectivity index (χ0n) is 21.2. The molecule has 0 bridgehead atoms. The molecule has 11 heteroatoms. The van der Waals surface area contributed by atoms with Gasteiger partial charge in [0.25, 0.3) is 0 Å². The van der Waals surface area contributed by atoms with E-state index in [1.54, 1.807) is 6.07 Å². The van der Waals surface area contributed by atoms with Gasteiger partial charge in [-0.05, 0) is 61.2 Å². The molecule has 0 atom stereocenters. The number of carbonyl (C=O) groups excluding carboxylic acids is 2. The number of piperidine rings is 1. The molecule has 3 aromatic carbocycles. The summed E-state index contributed by atoms with van der Waals surface area (Å²) in [6, 6.07) is 17.1. The zero-order valence-corrected chi connectivity index (χ0v) is 23.6. The lowest BCUT2D eigenvalue weighted by Gasteiger charge is -2.40. The number of hydrogen-bond acceptors (Lipinski definition) is 4. The molecular weight excluding hydrogens is 592 g/mol. The van der Waals surface area contributed by atoms with Crippen LogP contribution >= 0.6 is 15.9 Å². The Morgan fingerprint density at radius 1 is 0.974 bits per heavy atom. The minimum Gasteiger partial charge on any atom is -0.355 e. The van der Waals surface area contributed by atoms with Crippen molar-refractivity contribution in [3.8, 4) is 0 Å². The van der Waals surface area contributed by atoms with Crippen LogP contribution in [0.25, 0.3) is 0 Å². The Bertz CT molecular complexity index is 1480. The van der Waals surface area contributed by atoms with E-state index in [4.69, 9.17) is 0 Å². The number of nitrogens with one attached hydrogen (secondary N) is 2. The summed E-state index contributed by atoms with van der Waals surface area (Å²) in [5, 5.41) is 5.71. The van der Waals surface area contributed by atoms with Crippen molar-refractivity contribution in [3.63, 3.8) is 0 Å². The molecule has 7 nitrogen and oxygen atoms in total. The molecule has 0 aromatic heterocycles. The normalized spacial score (nSPS) is 15.5. The Kier molecular flexibility index (Phi) is 8.83. The predicted octanol–water partition coefficient (Wildman–Crippen LogP) is 4.90. The molecule has 0 aliphatic carbocycles. The first-order valence-electron chi connectivity index (χ1n) is 12.4. The third kappa shape index (κ3) is 6.37. The predicted molar refractivity (Wildman–Crippen MR) is 148 cm³/mol. The Morgan fingerprint density at radius 2 is 1.67 bits per heavy atom. The zero-order chi connectivity index (χ0) is 28.2. The van der Waals surface area contributed by atoms with E-state index in [2.05, 4.69) is 26.6 Å². The van der Waals surface area contributed by atoms with E-state index in [1.165, 1.54) is 4.31 Å². The van der Waals surface area contributed by atoms with E-state index in [-0.39, 0.29) is 55.6 Å². The monoisotopic (exact) mass is 619 g/mol. The third-order valence-corrected chi connectivity index (χ3v) is 9.37. The molecule has 206 valence electrons. The highest BCUT2D eigenvalue weighted by atomic mass is 79.9. The number of nitrogens with zero attached hydrogens (tertiary/aromatic N) is 1. The summed E-state index contributed by atoms with van der Waals surface area (Å²) >= 11 is 3.38. The summed E-state index contributed by atoms with van der Waals surface area (Å²) in [7, 11) is -4.09. The van der Waals surface area contributed by atoms with E-state index < -0.39 is 27.1 Å². The van der Waals surface area contributed by atoms with Gasteiger partial charge in [0.1, 0.15) is 0 Å².